The number of para-hydroxylation sites is 1. The van der Waals surface area contributed by atoms with Gasteiger partial charge in [0, 0.05) is 6.54 Å². The van der Waals surface area contributed by atoms with E-state index in [0.29, 0.717) is 19.1 Å². The number of ether oxygens (including phenoxy) is 1. The molecule has 0 bridgehead atoms. The van der Waals surface area contributed by atoms with E-state index in [2.05, 4.69) is 20.5 Å². The summed E-state index contributed by atoms with van der Waals surface area (Å²) in [6.45, 7) is 3.26. The van der Waals surface area contributed by atoms with Gasteiger partial charge in [0.1, 0.15) is 11.3 Å². The molecule has 0 unspecified atom stereocenters. The summed E-state index contributed by atoms with van der Waals surface area (Å²) < 4.78 is 5.48. The van der Waals surface area contributed by atoms with E-state index in [-0.39, 0.29) is 0 Å². The van der Waals surface area contributed by atoms with Gasteiger partial charge in [0.2, 0.25) is 5.95 Å². The van der Waals surface area contributed by atoms with Crippen LogP contribution in [0.5, 0.6) is 5.75 Å². The molecule has 2 aromatic carbocycles. The van der Waals surface area contributed by atoms with E-state index in [9.17, 15) is 0 Å². The highest BCUT2D eigenvalue weighted by Gasteiger charge is 2.01. The van der Waals surface area contributed by atoms with Gasteiger partial charge in [-0.05, 0) is 36.8 Å². The molecular weight excluding hydrogens is 264 g/mol. The second kappa shape index (κ2) is 6.17. The molecule has 1 N–H and O–H groups in total. The number of fused-ring (bicyclic) bond motifs is 1. The Labute approximate surface area is 123 Å². The summed E-state index contributed by atoms with van der Waals surface area (Å²) in [5.41, 5.74) is 2.73. The van der Waals surface area contributed by atoms with Gasteiger partial charge in [-0.2, -0.15) is 0 Å². The molecule has 3 rings (SSSR count). The largest absolute Gasteiger partial charge is 0.494 e. The van der Waals surface area contributed by atoms with Crippen LogP contribution in [0.3, 0.4) is 0 Å². The minimum Gasteiger partial charge on any atom is -0.494 e. The average Bonchev–Trinajstić information content (AvgIpc) is 2.53. The molecule has 0 spiro atoms. The van der Waals surface area contributed by atoms with Crippen molar-refractivity contribution in [1.82, 2.24) is 15.2 Å². The zero-order valence-electron chi connectivity index (χ0n) is 11.8. The Morgan fingerprint density at radius 2 is 1.86 bits per heavy atom. The van der Waals surface area contributed by atoms with Crippen LogP contribution < -0.4 is 10.1 Å². The van der Waals surface area contributed by atoms with E-state index in [0.717, 1.165) is 22.3 Å². The molecule has 0 aliphatic heterocycles. The third-order valence-corrected chi connectivity index (χ3v) is 3.02. The minimum absolute atomic E-state index is 0.524. The lowest BCUT2D eigenvalue weighted by Gasteiger charge is -2.07. The van der Waals surface area contributed by atoms with Crippen LogP contribution in [0.15, 0.2) is 48.5 Å². The second-order valence-electron chi connectivity index (χ2n) is 4.56. The molecule has 0 aliphatic rings. The van der Waals surface area contributed by atoms with Crippen LogP contribution in [0.2, 0.25) is 0 Å². The second-order valence-corrected chi connectivity index (χ2v) is 4.56. The molecule has 0 saturated carbocycles. The number of benzene rings is 2. The van der Waals surface area contributed by atoms with Crippen LogP contribution >= 0.6 is 0 Å². The zero-order valence-corrected chi connectivity index (χ0v) is 11.8. The Balaban J connectivity index is 1.72. The van der Waals surface area contributed by atoms with Crippen molar-refractivity contribution in [2.75, 3.05) is 11.9 Å². The first-order valence-corrected chi connectivity index (χ1v) is 6.90. The maximum atomic E-state index is 5.48. The van der Waals surface area contributed by atoms with Crippen LogP contribution in [0, 0.1) is 0 Å². The standard InChI is InChI=1S/C16H16N4O/c1-2-21-13-7-5-6-12(10-13)11-17-16-18-14-8-3-4-9-15(14)19-20-16/h3-10H,2,11H2,1H3,(H,17,18,20). The smallest absolute Gasteiger partial charge is 0.243 e. The van der Waals surface area contributed by atoms with E-state index in [4.69, 9.17) is 4.74 Å². The topological polar surface area (TPSA) is 59.9 Å². The summed E-state index contributed by atoms with van der Waals surface area (Å²) in [6.07, 6.45) is 0. The van der Waals surface area contributed by atoms with Gasteiger partial charge in [-0.25, -0.2) is 4.98 Å². The highest BCUT2D eigenvalue weighted by Crippen LogP contribution is 2.14. The number of anilines is 1. The Bertz CT molecular complexity index is 745. The van der Waals surface area contributed by atoms with Gasteiger partial charge >= 0.3 is 0 Å². The van der Waals surface area contributed by atoms with E-state index in [1.807, 2.05) is 55.5 Å². The van der Waals surface area contributed by atoms with Crippen molar-refractivity contribution in [1.29, 1.82) is 0 Å². The van der Waals surface area contributed by atoms with Gasteiger partial charge in [-0.3, -0.25) is 0 Å². The van der Waals surface area contributed by atoms with Crippen LogP contribution in [0.25, 0.3) is 11.0 Å². The Kier molecular flexibility index (Phi) is 3.91. The fourth-order valence-electron chi connectivity index (χ4n) is 2.05. The maximum absolute atomic E-state index is 5.48. The molecule has 21 heavy (non-hydrogen) atoms. The first kappa shape index (κ1) is 13.3. The highest BCUT2D eigenvalue weighted by atomic mass is 16.5. The predicted molar refractivity (Wildman–Crippen MR) is 82.3 cm³/mol. The average molecular weight is 280 g/mol. The Hall–Kier alpha value is -2.69. The van der Waals surface area contributed by atoms with E-state index in [1.54, 1.807) is 0 Å². The van der Waals surface area contributed by atoms with Crippen LogP contribution in [-0.4, -0.2) is 21.8 Å². The summed E-state index contributed by atoms with van der Waals surface area (Å²) in [4.78, 5) is 4.43. The Morgan fingerprint density at radius 1 is 1.00 bits per heavy atom. The van der Waals surface area contributed by atoms with Gasteiger partial charge in [0.25, 0.3) is 0 Å². The number of nitrogens with zero attached hydrogens (tertiary/aromatic N) is 3. The lowest BCUT2D eigenvalue weighted by Crippen LogP contribution is -2.05. The summed E-state index contributed by atoms with van der Waals surface area (Å²) in [7, 11) is 0. The maximum Gasteiger partial charge on any atom is 0.243 e. The molecule has 0 aliphatic carbocycles. The number of hydrogen-bond acceptors (Lipinski definition) is 5. The van der Waals surface area contributed by atoms with Gasteiger partial charge in [-0.1, -0.05) is 24.3 Å². The molecular formula is C16H16N4O. The molecule has 0 atom stereocenters. The van der Waals surface area contributed by atoms with Gasteiger partial charge in [-0.15, -0.1) is 10.2 Å². The van der Waals surface area contributed by atoms with Crippen LogP contribution in [0.4, 0.5) is 5.95 Å². The van der Waals surface area contributed by atoms with Gasteiger partial charge in [0.05, 0.1) is 12.1 Å². The normalized spacial score (nSPS) is 10.5. The number of nitrogens with one attached hydrogen (secondary N) is 1. The summed E-state index contributed by atoms with van der Waals surface area (Å²) in [5.74, 6) is 1.39. The molecule has 1 heterocycles. The molecule has 5 nitrogen and oxygen atoms in total. The van der Waals surface area contributed by atoms with E-state index >= 15 is 0 Å². The quantitative estimate of drug-likeness (QED) is 0.778. The van der Waals surface area contributed by atoms with Gasteiger partial charge < -0.3 is 10.1 Å². The number of hydrogen-bond donors (Lipinski definition) is 1. The molecule has 106 valence electrons. The highest BCUT2D eigenvalue weighted by molar-refractivity contribution is 5.74. The van der Waals surface area contributed by atoms with Crippen molar-refractivity contribution >= 4 is 17.0 Å². The van der Waals surface area contributed by atoms with E-state index in [1.165, 1.54) is 0 Å². The van der Waals surface area contributed by atoms with Crippen molar-refractivity contribution < 1.29 is 4.74 Å². The van der Waals surface area contributed by atoms with Crippen LogP contribution in [-0.2, 0) is 6.54 Å². The molecule has 0 amide bonds. The first-order chi connectivity index (χ1) is 10.3. The summed E-state index contributed by atoms with van der Waals surface area (Å²) in [6, 6.07) is 15.6. The minimum atomic E-state index is 0.524. The molecule has 0 radical (unpaired) electrons. The zero-order chi connectivity index (χ0) is 14.5. The van der Waals surface area contributed by atoms with Crippen molar-refractivity contribution in [2.45, 2.75) is 13.5 Å². The molecule has 0 fully saturated rings. The fraction of sp³-hybridized carbons (Fsp3) is 0.188. The fourth-order valence-corrected chi connectivity index (χ4v) is 2.05. The van der Waals surface area contributed by atoms with Crippen LogP contribution in [0.1, 0.15) is 12.5 Å². The summed E-state index contributed by atoms with van der Waals surface area (Å²) >= 11 is 0. The first-order valence-electron chi connectivity index (χ1n) is 6.90. The van der Waals surface area contributed by atoms with Crippen molar-refractivity contribution in [2.24, 2.45) is 0 Å². The van der Waals surface area contributed by atoms with Crippen molar-refractivity contribution in [3.63, 3.8) is 0 Å². The lowest BCUT2D eigenvalue weighted by atomic mass is 10.2. The number of aromatic nitrogens is 3. The number of rotatable bonds is 5. The van der Waals surface area contributed by atoms with E-state index < -0.39 is 0 Å². The third kappa shape index (κ3) is 3.25. The van der Waals surface area contributed by atoms with Gasteiger partial charge in [0.15, 0.2) is 0 Å². The SMILES string of the molecule is CCOc1cccc(CNc2nnc3ccccc3n2)c1. The summed E-state index contributed by atoms with van der Waals surface area (Å²) in [5, 5.41) is 11.4. The molecule has 0 saturated heterocycles. The molecule has 5 heteroatoms. The van der Waals surface area contributed by atoms with Crippen molar-refractivity contribution in [3.8, 4) is 5.75 Å². The Morgan fingerprint density at radius 3 is 2.71 bits per heavy atom. The molecule has 3 aromatic rings. The van der Waals surface area contributed by atoms with Crippen molar-refractivity contribution in [3.05, 3.63) is 54.1 Å². The monoisotopic (exact) mass is 280 g/mol. The predicted octanol–water partition coefficient (Wildman–Crippen LogP) is 3.04. The molecule has 1 aromatic heterocycles. The third-order valence-electron chi connectivity index (χ3n) is 3.02. The lowest BCUT2D eigenvalue weighted by molar-refractivity contribution is 0.340.